The zero-order valence-corrected chi connectivity index (χ0v) is 17.8. The van der Waals surface area contributed by atoms with Crippen LogP contribution in [0.5, 0.6) is 5.75 Å². The van der Waals surface area contributed by atoms with Crippen LogP contribution in [0.4, 0.5) is 0 Å². The first-order valence-electron chi connectivity index (χ1n) is 8.22. The first-order chi connectivity index (χ1) is 12.1. The normalized spacial score (nSPS) is 13.1. The van der Waals surface area contributed by atoms with Crippen LogP contribution in [0, 0.1) is 6.92 Å². The topological polar surface area (TPSA) is 55.4 Å². The van der Waals surface area contributed by atoms with Gasteiger partial charge < -0.3 is 4.74 Å². The van der Waals surface area contributed by atoms with Crippen molar-refractivity contribution >= 4 is 33.2 Å². The highest BCUT2D eigenvalue weighted by atomic mass is 35.5. The van der Waals surface area contributed by atoms with E-state index in [4.69, 9.17) is 27.9 Å². The second kappa shape index (κ2) is 8.17. The molecule has 2 aromatic carbocycles. The number of nitrogens with one attached hydrogen (secondary N) is 1. The van der Waals surface area contributed by atoms with Gasteiger partial charge in [0.05, 0.1) is 12.1 Å². The van der Waals surface area contributed by atoms with E-state index < -0.39 is 16.1 Å². The maximum absolute atomic E-state index is 12.8. The largest absolute Gasteiger partial charge is 0.496 e. The minimum absolute atomic E-state index is 0.0336. The van der Waals surface area contributed by atoms with Gasteiger partial charge in [0.15, 0.2) is 0 Å². The van der Waals surface area contributed by atoms with Crippen molar-refractivity contribution in [2.75, 3.05) is 7.11 Å². The van der Waals surface area contributed by atoms with Crippen molar-refractivity contribution in [2.45, 2.75) is 44.6 Å². The fourth-order valence-corrected chi connectivity index (χ4v) is 4.84. The molecule has 0 heterocycles. The number of methoxy groups -OCH3 is 1. The van der Waals surface area contributed by atoms with Gasteiger partial charge in [-0.25, -0.2) is 13.1 Å². The third kappa shape index (κ3) is 4.52. The fourth-order valence-electron chi connectivity index (χ4n) is 2.85. The third-order valence-electron chi connectivity index (χ3n) is 4.22. The van der Waals surface area contributed by atoms with Crippen LogP contribution in [0.3, 0.4) is 0 Å². The maximum Gasteiger partial charge on any atom is 0.242 e. The summed E-state index contributed by atoms with van der Waals surface area (Å²) in [6.45, 7) is 7.86. The molecule has 0 spiro atoms. The number of ether oxygens (including phenoxy) is 1. The molecule has 26 heavy (non-hydrogen) atoms. The number of sulfonamides is 1. The minimum atomic E-state index is -3.82. The zero-order valence-electron chi connectivity index (χ0n) is 15.4. The molecule has 0 radical (unpaired) electrons. The molecule has 0 aliphatic heterocycles. The first-order valence-corrected chi connectivity index (χ1v) is 10.5. The van der Waals surface area contributed by atoms with Crippen LogP contribution in [0.2, 0.25) is 10.0 Å². The van der Waals surface area contributed by atoms with Gasteiger partial charge in [-0.1, -0.05) is 37.0 Å². The average Bonchev–Trinajstić information content (AvgIpc) is 2.55. The van der Waals surface area contributed by atoms with Gasteiger partial charge in [-0.05, 0) is 66.8 Å². The lowest BCUT2D eigenvalue weighted by Gasteiger charge is -2.21. The number of hydrogen-bond acceptors (Lipinski definition) is 3. The van der Waals surface area contributed by atoms with E-state index in [0.29, 0.717) is 5.02 Å². The summed E-state index contributed by atoms with van der Waals surface area (Å²) < 4.78 is 33.7. The van der Waals surface area contributed by atoms with E-state index in [1.54, 1.807) is 20.1 Å². The lowest BCUT2D eigenvalue weighted by atomic mass is 9.94. The van der Waals surface area contributed by atoms with Crippen LogP contribution in [-0.2, 0) is 10.0 Å². The van der Waals surface area contributed by atoms with E-state index in [9.17, 15) is 8.42 Å². The lowest BCUT2D eigenvalue weighted by molar-refractivity contribution is 0.406. The molecule has 2 aromatic rings. The molecule has 0 saturated heterocycles. The summed E-state index contributed by atoms with van der Waals surface area (Å²) in [5, 5.41) is 0.438. The summed E-state index contributed by atoms with van der Waals surface area (Å²) >= 11 is 12.0. The van der Waals surface area contributed by atoms with Gasteiger partial charge in [-0.2, -0.15) is 0 Å². The molecule has 0 bridgehead atoms. The Morgan fingerprint density at radius 2 is 1.69 bits per heavy atom. The van der Waals surface area contributed by atoms with Crippen LogP contribution in [0.1, 0.15) is 49.4 Å². The van der Waals surface area contributed by atoms with Gasteiger partial charge >= 0.3 is 0 Å². The van der Waals surface area contributed by atoms with Crippen molar-refractivity contribution in [1.29, 1.82) is 0 Å². The van der Waals surface area contributed by atoms with Crippen LogP contribution >= 0.6 is 23.2 Å². The fraction of sp³-hybridized carbons (Fsp3) is 0.368. The Balaban J connectivity index is 2.42. The molecule has 0 aliphatic rings. The monoisotopic (exact) mass is 415 g/mol. The molecule has 4 nitrogen and oxygen atoms in total. The van der Waals surface area contributed by atoms with Crippen molar-refractivity contribution in [2.24, 2.45) is 0 Å². The molecule has 0 aliphatic carbocycles. The van der Waals surface area contributed by atoms with Crippen LogP contribution in [0.15, 0.2) is 35.2 Å². The Labute approximate surface area is 165 Å². The van der Waals surface area contributed by atoms with Gasteiger partial charge in [0.25, 0.3) is 0 Å². The third-order valence-corrected chi connectivity index (χ3v) is 6.48. The molecule has 0 amide bonds. The summed E-state index contributed by atoms with van der Waals surface area (Å²) in [5.74, 6) is 1.05. The van der Waals surface area contributed by atoms with Crippen LogP contribution in [-0.4, -0.2) is 15.5 Å². The highest BCUT2D eigenvalue weighted by Crippen LogP contribution is 2.33. The van der Waals surface area contributed by atoms with Crippen LogP contribution in [0.25, 0.3) is 0 Å². The van der Waals surface area contributed by atoms with Crippen molar-refractivity contribution in [3.05, 3.63) is 57.1 Å². The molecular weight excluding hydrogens is 393 g/mol. The molecule has 0 unspecified atom stereocenters. The zero-order chi connectivity index (χ0) is 19.6. The SMILES string of the molecule is COc1cc(C)c([C@H](C)NS(=O)(=O)c2cc(Cl)ccc2Cl)cc1C(C)C. The van der Waals surface area contributed by atoms with Gasteiger partial charge in [0.2, 0.25) is 10.0 Å². The van der Waals surface area contributed by atoms with Crippen LogP contribution < -0.4 is 9.46 Å². The van der Waals surface area contributed by atoms with Crippen molar-refractivity contribution in [1.82, 2.24) is 4.72 Å². The molecule has 1 N–H and O–H groups in total. The van der Waals surface area contributed by atoms with Gasteiger partial charge in [-0.3, -0.25) is 0 Å². The number of benzene rings is 2. The number of aryl methyl sites for hydroxylation is 1. The Morgan fingerprint density at radius 3 is 2.27 bits per heavy atom. The Kier molecular flexibility index (Phi) is 6.61. The second-order valence-corrected chi connectivity index (χ2v) is 9.05. The summed E-state index contributed by atoms with van der Waals surface area (Å²) in [5.41, 5.74) is 2.86. The average molecular weight is 416 g/mol. The first kappa shape index (κ1) is 21.0. The number of halogens is 2. The highest BCUT2D eigenvalue weighted by Gasteiger charge is 2.23. The highest BCUT2D eigenvalue weighted by molar-refractivity contribution is 7.89. The van der Waals surface area contributed by atoms with E-state index in [-0.39, 0.29) is 15.8 Å². The van der Waals surface area contributed by atoms with Gasteiger partial charge in [-0.15, -0.1) is 0 Å². The molecule has 0 fully saturated rings. The minimum Gasteiger partial charge on any atom is -0.496 e. The van der Waals surface area contributed by atoms with Gasteiger partial charge in [0, 0.05) is 11.1 Å². The number of hydrogen-bond donors (Lipinski definition) is 1. The predicted octanol–water partition coefficient (Wildman–Crippen LogP) is 5.47. The lowest BCUT2D eigenvalue weighted by Crippen LogP contribution is -2.27. The molecule has 1 atom stereocenters. The molecule has 7 heteroatoms. The van der Waals surface area contributed by atoms with E-state index in [0.717, 1.165) is 22.4 Å². The Bertz CT molecular complexity index is 911. The Morgan fingerprint density at radius 1 is 1.04 bits per heavy atom. The maximum atomic E-state index is 12.8. The molecule has 0 saturated carbocycles. The predicted molar refractivity (Wildman–Crippen MR) is 107 cm³/mol. The molecule has 142 valence electrons. The quantitative estimate of drug-likeness (QED) is 0.679. The Hall–Kier alpha value is -1.27. The van der Waals surface area contributed by atoms with E-state index in [2.05, 4.69) is 18.6 Å². The summed E-state index contributed by atoms with van der Waals surface area (Å²) in [7, 11) is -2.19. The standard InChI is InChI=1S/C19H23Cl2NO3S/c1-11(2)15-10-16(12(3)8-18(15)25-5)13(4)22-26(23,24)19-9-14(20)6-7-17(19)21/h6-11,13,22H,1-5H3/t13-/m0/s1. The summed E-state index contributed by atoms with van der Waals surface area (Å²) in [4.78, 5) is -0.0336. The van der Waals surface area contributed by atoms with Gasteiger partial charge in [0.1, 0.15) is 10.6 Å². The summed E-state index contributed by atoms with van der Waals surface area (Å²) in [6.07, 6.45) is 0. The van der Waals surface area contributed by atoms with Crippen molar-refractivity contribution in [3.8, 4) is 5.75 Å². The smallest absolute Gasteiger partial charge is 0.242 e. The molecular formula is C19H23Cl2NO3S. The van der Waals surface area contributed by atoms with E-state index >= 15 is 0 Å². The summed E-state index contributed by atoms with van der Waals surface area (Å²) in [6, 6.07) is 7.85. The van der Waals surface area contributed by atoms with Crippen molar-refractivity contribution in [3.63, 3.8) is 0 Å². The molecule has 0 aromatic heterocycles. The van der Waals surface area contributed by atoms with E-state index in [1.165, 1.54) is 12.1 Å². The molecule has 2 rings (SSSR count). The number of rotatable bonds is 6. The van der Waals surface area contributed by atoms with E-state index in [1.807, 2.05) is 19.1 Å². The van der Waals surface area contributed by atoms with Crippen molar-refractivity contribution < 1.29 is 13.2 Å². The second-order valence-electron chi connectivity index (χ2n) is 6.52.